The second-order valence-electron chi connectivity index (χ2n) is 12.6. The number of rotatable bonds is 6. The Kier molecular flexibility index (Phi) is 7.92. The molecule has 3 unspecified atom stereocenters. The quantitative estimate of drug-likeness (QED) is 0.109. The zero-order valence-corrected chi connectivity index (χ0v) is 27.5. The van der Waals surface area contributed by atoms with Gasteiger partial charge in [-0.2, -0.15) is 0 Å². The molecule has 232 valence electrons. The summed E-state index contributed by atoms with van der Waals surface area (Å²) >= 11 is 1.83. The molecule has 0 amide bonds. The van der Waals surface area contributed by atoms with Crippen LogP contribution in [0.25, 0.3) is 32.3 Å². The van der Waals surface area contributed by atoms with E-state index in [9.17, 15) is 0 Å². The number of anilines is 1. The van der Waals surface area contributed by atoms with Crippen molar-refractivity contribution in [2.75, 3.05) is 19.8 Å². The van der Waals surface area contributed by atoms with E-state index in [0.29, 0.717) is 0 Å². The molecule has 0 aliphatic carbocycles. The zero-order valence-electron chi connectivity index (χ0n) is 26.7. The Morgan fingerprint density at radius 3 is 1.89 bits per heavy atom. The average molecular weight is 631 g/mol. The molecule has 0 bridgehead atoms. The molecule has 0 spiro atoms. The first-order valence-corrected chi connectivity index (χ1v) is 17.2. The second kappa shape index (κ2) is 12.5. The molecule has 1 heterocycles. The third kappa shape index (κ3) is 5.45. The van der Waals surface area contributed by atoms with Crippen LogP contribution >= 0.6 is 11.8 Å². The van der Waals surface area contributed by atoms with Gasteiger partial charge in [0.2, 0.25) is 0 Å². The molecule has 0 aromatic heterocycles. The highest BCUT2D eigenvalue weighted by atomic mass is 32.2. The minimum atomic E-state index is 0.00336. The Morgan fingerprint density at radius 1 is 0.553 bits per heavy atom. The number of hydrogen-bond donors (Lipinski definition) is 2. The Hall–Kier alpha value is -4.65. The lowest BCUT2D eigenvalue weighted by Gasteiger charge is -2.50. The van der Waals surface area contributed by atoms with Crippen LogP contribution in [0.1, 0.15) is 40.8 Å². The number of benzene rings is 7. The van der Waals surface area contributed by atoms with Crippen LogP contribution in [0.15, 0.2) is 150 Å². The van der Waals surface area contributed by atoms with Crippen molar-refractivity contribution in [3.8, 4) is 0 Å². The van der Waals surface area contributed by atoms with Crippen molar-refractivity contribution in [1.82, 2.24) is 15.1 Å². The molecule has 8 rings (SSSR count). The standard InChI is InChI=1S/C42H38N4S/c1-45-40(28-13-5-3-6-14-28)44-41(46(2)42(45)29-15-7-4-8-16-29)32-21-23-36-31(25-32)22-24-38(43)39(36)47-27-33-26-30-17-9-10-18-34(30)37-20-12-11-19-35(33)37/h3-26,40-42,44H,27,43H2,1-2H3. The lowest BCUT2D eigenvalue weighted by atomic mass is 9.98. The zero-order chi connectivity index (χ0) is 31.9. The lowest BCUT2D eigenvalue weighted by Crippen LogP contribution is -2.55. The maximum absolute atomic E-state index is 6.69. The predicted octanol–water partition coefficient (Wildman–Crippen LogP) is 9.88. The summed E-state index contributed by atoms with van der Waals surface area (Å²) in [6, 6.07) is 52.4. The monoisotopic (exact) mass is 630 g/mol. The summed E-state index contributed by atoms with van der Waals surface area (Å²) in [7, 11) is 4.43. The van der Waals surface area contributed by atoms with Gasteiger partial charge in [-0.05, 0) is 86.9 Å². The van der Waals surface area contributed by atoms with Crippen molar-refractivity contribution in [2.24, 2.45) is 0 Å². The summed E-state index contributed by atoms with van der Waals surface area (Å²) in [6.07, 6.45) is 0.147. The Labute approximate surface area is 280 Å². The molecule has 7 aromatic rings. The number of thioether (sulfide) groups is 1. The third-order valence-electron chi connectivity index (χ3n) is 9.68. The van der Waals surface area contributed by atoms with E-state index in [4.69, 9.17) is 5.73 Å². The van der Waals surface area contributed by atoms with E-state index in [1.807, 2.05) is 11.8 Å². The molecule has 7 aromatic carbocycles. The molecular weight excluding hydrogens is 593 g/mol. The van der Waals surface area contributed by atoms with Crippen LogP contribution in [0, 0.1) is 0 Å². The summed E-state index contributed by atoms with van der Waals surface area (Å²) < 4.78 is 0. The highest BCUT2D eigenvalue weighted by molar-refractivity contribution is 7.99. The van der Waals surface area contributed by atoms with Crippen molar-refractivity contribution >= 4 is 49.8 Å². The number of nitrogen functional groups attached to an aromatic ring is 1. The van der Waals surface area contributed by atoms with Gasteiger partial charge in [0.1, 0.15) is 0 Å². The van der Waals surface area contributed by atoms with Gasteiger partial charge in [0, 0.05) is 16.3 Å². The van der Waals surface area contributed by atoms with Crippen molar-refractivity contribution in [2.45, 2.75) is 29.1 Å². The largest absolute Gasteiger partial charge is 0.398 e. The number of hydrogen-bond acceptors (Lipinski definition) is 5. The average Bonchev–Trinajstić information content (AvgIpc) is 3.12. The van der Waals surface area contributed by atoms with Crippen LogP contribution in [0.5, 0.6) is 0 Å². The molecule has 3 atom stereocenters. The van der Waals surface area contributed by atoms with E-state index in [1.54, 1.807) is 0 Å². The Bertz CT molecular complexity index is 2200. The van der Waals surface area contributed by atoms with Gasteiger partial charge in [-0.3, -0.25) is 15.1 Å². The summed E-state index contributed by atoms with van der Waals surface area (Å²) in [4.78, 5) is 6.00. The van der Waals surface area contributed by atoms with Crippen molar-refractivity contribution in [3.05, 3.63) is 168 Å². The van der Waals surface area contributed by atoms with E-state index >= 15 is 0 Å². The Morgan fingerprint density at radius 2 is 1.15 bits per heavy atom. The van der Waals surface area contributed by atoms with Crippen molar-refractivity contribution in [3.63, 3.8) is 0 Å². The first-order valence-electron chi connectivity index (χ1n) is 16.2. The van der Waals surface area contributed by atoms with E-state index < -0.39 is 0 Å². The molecular formula is C42H38N4S. The number of nitrogens with one attached hydrogen (secondary N) is 1. The molecule has 1 fully saturated rings. The highest BCUT2D eigenvalue weighted by Crippen LogP contribution is 2.42. The smallest absolute Gasteiger partial charge is 0.0911 e. The summed E-state index contributed by atoms with van der Waals surface area (Å²) in [5.74, 6) is 0.840. The number of nitrogens with two attached hydrogens (primary N) is 1. The van der Waals surface area contributed by atoms with E-state index in [0.717, 1.165) is 16.3 Å². The van der Waals surface area contributed by atoms with Crippen LogP contribution in [-0.2, 0) is 5.75 Å². The van der Waals surface area contributed by atoms with E-state index in [1.165, 1.54) is 54.6 Å². The SMILES string of the molecule is CN1C(c2ccccc2)NC(c2ccc3c(SCc4cc5ccccc5c5ccccc45)c(N)ccc3c2)N(C)C1c1ccccc1. The molecule has 5 heteroatoms. The predicted molar refractivity (Wildman–Crippen MR) is 199 cm³/mol. The topological polar surface area (TPSA) is 44.5 Å². The van der Waals surface area contributed by atoms with Crippen LogP contribution in [-0.4, -0.2) is 23.9 Å². The maximum atomic E-state index is 6.69. The lowest BCUT2D eigenvalue weighted by molar-refractivity contribution is -0.0659. The molecule has 1 aliphatic heterocycles. The molecule has 0 saturated carbocycles. The van der Waals surface area contributed by atoms with E-state index in [-0.39, 0.29) is 18.5 Å². The maximum Gasteiger partial charge on any atom is 0.0911 e. The van der Waals surface area contributed by atoms with Gasteiger partial charge in [-0.25, -0.2) is 0 Å². The van der Waals surface area contributed by atoms with Crippen LogP contribution in [0.3, 0.4) is 0 Å². The highest BCUT2D eigenvalue weighted by Gasteiger charge is 2.39. The molecule has 4 nitrogen and oxygen atoms in total. The van der Waals surface area contributed by atoms with Gasteiger partial charge in [0.25, 0.3) is 0 Å². The van der Waals surface area contributed by atoms with Crippen molar-refractivity contribution < 1.29 is 0 Å². The molecule has 1 saturated heterocycles. The summed E-state index contributed by atoms with van der Waals surface area (Å²) in [5, 5.41) is 11.5. The second-order valence-corrected chi connectivity index (χ2v) is 13.5. The fraction of sp³-hybridized carbons (Fsp3) is 0.143. The Balaban J connectivity index is 1.15. The van der Waals surface area contributed by atoms with Crippen molar-refractivity contribution in [1.29, 1.82) is 0 Å². The van der Waals surface area contributed by atoms with Gasteiger partial charge >= 0.3 is 0 Å². The van der Waals surface area contributed by atoms with Gasteiger partial charge in [-0.15, -0.1) is 11.8 Å². The molecule has 47 heavy (non-hydrogen) atoms. The van der Waals surface area contributed by atoms with Crippen LogP contribution < -0.4 is 11.1 Å². The first kappa shape index (κ1) is 29.7. The van der Waals surface area contributed by atoms with Gasteiger partial charge in [-0.1, -0.05) is 127 Å². The first-order chi connectivity index (χ1) is 23.1. The molecule has 3 N–H and O–H groups in total. The van der Waals surface area contributed by atoms with Crippen LogP contribution in [0.2, 0.25) is 0 Å². The summed E-state index contributed by atoms with van der Waals surface area (Å²) in [5.41, 5.74) is 12.6. The fourth-order valence-corrected chi connectivity index (χ4v) is 8.53. The minimum Gasteiger partial charge on any atom is -0.398 e. The molecule has 1 aliphatic rings. The fourth-order valence-electron chi connectivity index (χ4n) is 7.42. The van der Waals surface area contributed by atoms with Gasteiger partial charge < -0.3 is 5.73 Å². The number of nitrogens with zero attached hydrogens (tertiary/aromatic N) is 2. The molecule has 0 radical (unpaired) electrons. The minimum absolute atomic E-state index is 0.00336. The van der Waals surface area contributed by atoms with E-state index in [2.05, 4.69) is 175 Å². The normalized spacial score (nSPS) is 19.1. The van der Waals surface area contributed by atoms with Gasteiger partial charge in [0.15, 0.2) is 0 Å². The third-order valence-corrected chi connectivity index (χ3v) is 10.9. The van der Waals surface area contributed by atoms with Gasteiger partial charge in [0.05, 0.1) is 18.5 Å². The summed E-state index contributed by atoms with van der Waals surface area (Å²) in [6.45, 7) is 0. The number of fused-ring (bicyclic) bond motifs is 4. The van der Waals surface area contributed by atoms with Crippen LogP contribution in [0.4, 0.5) is 5.69 Å².